The summed E-state index contributed by atoms with van der Waals surface area (Å²) in [5, 5.41) is 3.20. The summed E-state index contributed by atoms with van der Waals surface area (Å²) in [7, 11) is 3.13. The van der Waals surface area contributed by atoms with Gasteiger partial charge in [0.05, 0.1) is 26.2 Å². The van der Waals surface area contributed by atoms with Gasteiger partial charge in [-0.05, 0) is 67.7 Å². The standard InChI is InChI=1S/C29H39N3O4/c1-5-7-15-31(6-2)16-10-14-30-28(33)26-22-18-24(35-3)25(36-4)19-23(22)29(34)32-17-13-20-11-8-9-12-21(20)27(26)32/h8-9,11-12,18-19,26-27H,5-7,10,13-17H2,1-4H3,(H,30,33)/t26-,27-/m1/s1. The minimum atomic E-state index is -0.527. The quantitative estimate of drug-likeness (QED) is 0.476. The average Bonchev–Trinajstić information content (AvgIpc) is 2.91. The van der Waals surface area contributed by atoms with Gasteiger partial charge in [0.25, 0.3) is 5.91 Å². The van der Waals surface area contributed by atoms with Crippen LogP contribution in [0.15, 0.2) is 36.4 Å². The molecule has 2 heterocycles. The van der Waals surface area contributed by atoms with Crippen LogP contribution in [0.5, 0.6) is 11.5 Å². The molecular formula is C29H39N3O4. The SMILES string of the molecule is CCCCN(CC)CCCNC(=O)[C@@H]1c2cc(OC)c(OC)cc2C(=O)N2CCc3ccccc3[C@H]12. The summed E-state index contributed by atoms with van der Waals surface area (Å²) in [4.78, 5) is 31.8. The predicted molar refractivity (Wildman–Crippen MR) is 141 cm³/mol. The Kier molecular flexibility index (Phi) is 8.52. The van der Waals surface area contributed by atoms with Crippen LogP contribution in [0, 0.1) is 0 Å². The highest BCUT2D eigenvalue weighted by atomic mass is 16.5. The van der Waals surface area contributed by atoms with Crippen LogP contribution in [-0.4, -0.2) is 68.6 Å². The van der Waals surface area contributed by atoms with Crippen molar-refractivity contribution < 1.29 is 19.1 Å². The van der Waals surface area contributed by atoms with Gasteiger partial charge in [0.2, 0.25) is 5.91 Å². The van der Waals surface area contributed by atoms with Gasteiger partial charge in [0.15, 0.2) is 11.5 Å². The molecule has 194 valence electrons. The van der Waals surface area contributed by atoms with Gasteiger partial charge in [-0.15, -0.1) is 0 Å². The lowest BCUT2D eigenvalue weighted by atomic mass is 9.75. The fraction of sp³-hybridized carbons (Fsp3) is 0.517. The Labute approximate surface area is 214 Å². The van der Waals surface area contributed by atoms with Crippen molar-refractivity contribution in [2.24, 2.45) is 0 Å². The van der Waals surface area contributed by atoms with E-state index in [0.717, 1.165) is 38.0 Å². The summed E-state index contributed by atoms with van der Waals surface area (Å²) in [6.45, 7) is 8.64. The van der Waals surface area contributed by atoms with Crippen LogP contribution in [0.4, 0.5) is 0 Å². The van der Waals surface area contributed by atoms with Gasteiger partial charge >= 0.3 is 0 Å². The van der Waals surface area contributed by atoms with Gasteiger partial charge in [-0.1, -0.05) is 44.5 Å². The first-order chi connectivity index (χ1) is 17.5. The molecule has 0 saturated carbocycles. The van der Waals surface area contributed by atoms with Crippen molar-refractivity contribution in [2.75, 3.05) is 46.9 Å². The number of benzene rings is 2. The third kappa shape index (κ3) is 5.07. The number of fused-ring (bicyclic) bond motifs is 4. The van der Waals surface area contributed by atoms with Gasteiger partial charge in [-0.3, -0.25) is 9.59 Å². The van der Waals surface area contributed by atoms with Gasteiger partial charge in [-0.25, -0.2) is 0 Å². The zero-order valence-corrected chi connectivity index (χ0v) is 22.0. The normalized spacial score (nSPS) is 18.4. The smallest absolute Gasteiger partial charge is 0.254 e. The summed E-state index contributed by atoms with van der Waals surface area (Å²) < 4.78 is 11.0. The van der Waals surface area contributed by atoms with Crippen LogP contribution >= 0.6 is 0 Å². The van der Waals surface area contributed by atoms with E-state index in [2.05, 4.69) is 36.2 Å². The molecule has 0 saturated heterocycles. The summed E-state index contributed by atoms with van der Waals surface area (Å²) in [5.74, 6) is 0.366. The molecule has 2 atom stereocenters. The number of carbonyl (C=O) groups is 2. The van der Waals surface area contributed by atoms with Gasteiger partial charge in [-0.2, -0.15) is 0 Å². The Morgan fingerprint density at radius 3 is 2.50 bits per heavy atom. The third-order valence-corrected chi connectivity index (χ3v) is 7.54. The van der Waals surface area contributed by atoms with E-state index in [4.69, 9.17) is 9.47 Å². The van der Waals surface area contributed by atoms with Crippen molar-refractivity contribution in [1.82, 2.24) is 15.1 Å². The van der Waals surface area contributed by atoms with E-state index in [-0.39, 0.29) is 17.9 Å². The largest absolute Gasteiger partial charge is 0.493 e. The molecule has 2 aliphatic rings. The molecule has 2 aliphatic heterocycles. The van der Waals surface area contributed by atoms with Crippen molar-refractivity contribution >= 4 is 11.8 Å². The number of hydrogen-bond donors (Lipinski definition) is 1. The van der Waals surface area contributed by atoms with Gasteiger partial charge in [0.1, 0.15) is 0 Å². The summed E-state index contributed by atoms with van der Waals surface area (Å²) in [6.07, 6.45) is 4.04. The highest BCUT2D eigenvalue weighted by Crippen LogP contribution is 2.48. The van der Waals surface area contributed by atoms with Gasteiger partial charge < -0.3 is 24.6 Å². The second-order valence-corrected chi connectivity index (χ2v) is 9.60. The lowest BCUT2D eigenvalue weighted by Crippen LogP contribution is -2.50. The lowest BCUT2D eigenvalue weighted by molar-refractivity contribution is -0.124. The molecule has 0 radical (unpaired) electrons. The molecular weight excluding hydrogens is 454 g/mol. The molecule has 7 nitrogen and oxygen atoms in total. The molecule has 0 aromatic heterocycles. The first-order valence-electron chi connectivity index (χ1n) is 13.2. The first kappa shape index (κ1) is 26.0. The van der Waals surface area contributed by atoms with E-state index >= 15 is 0 Å². The highest BCUT2D eigenvalue weighted by Gasteiger charge is 2.46. The molecule has 2 amide bonds. The van der Waals surface area contributed by atoms with E-state index in [9.17, 15) is 9.59 Å². The Morgan fingerprint density at radius 2 is 1.78 bits per heavy atom. The van der Waals surface area contributed by atoms with Crippen LogP contribution in [-0.2, 0) is 11.2 Å². The molecule has 7 heteroatoms. The molecule has 2 aromatic carbocycles. The van der Waals surface area contributed by atoms with Crippen molar-refractivity contribution in [2.45, 2.75) is 51.5 Å². The van der Waals surface area contributed by atoms with Crippen LogP contribution in [0.1, 0.15) is 72.1 Å². The molecule has 0 unspecified atom stereocenters. The van der Waals surface area contributed by atoms with Crippen LogP contribution in [0.2, 0.25) is 0 Å². The fourth-order valence-electron chi connectivity index (χ4n) is 5.57. The maximum absolute atomic E-state index is 13.8. The van der Waals surface area contributed by atoms with Crippen molar-refractivity contribution in [3.63, 3.8) is 0 Å². The second-order valence-electron chi connectivity index (χ2n) is 9.60. The number of nitrogens with one attached hydrogen (secondary N) is 1. The summed E-state index contributed by atoms with van der Waals surface area (Å²) >= 11 is 0. The molecule has 0 bridgehead atoms. The van der Waals surface area contributed by atoms with Crippen molar-refractivity contribution in [1.29, 1.82) is 0 Å². The summed E-state index contributed by atoms with van der Waals surface area (Å²) in [5.41, 5.74) is 3.46. The maximum Gasteiger partial charge on any atom is 0.254 e. The predicted octanol–water partition coefficient (Wildman–Crippen LogP) is 4.17. The minimum absolute atomic E-state index is 0.0562. The Hall–Kier alpha value is -3.06. The minimum Gasteiger partial charge on any atom is -0.493 e. The number of nitrogens with zero attached hydrogens (tertiary/aromatic N) is 2. The van der Waals surface area contributed by atoms with E-state index < -0.39 is 5.92 Å². The van der Waals surface area contributed by atoms with Crippen molar-refractivity contribution in [3.05, 3.63) is 58.7 Å². The average molecular weight is 494 g/mol. The highest BCUT2D eigenvalue weighted by molar-refractivity contribution is 6.02. The third-order valence-electron chi connectivity index (χ3n) is 7.54. The fourth-order valence-corrected chi connectivity index (χ4v) is 5.57. The Morgan fingerprint density at radius 1 is 1.06 bits per heavy atom. The van der Waals surface area contributed by atoms with Crippen LogP contribution in [0.3, 0.4) is 0 Å². The number of hydrogen-bond acceptors (Lipinski definition) is 5. The molecule has 1 N–H and O–H groups in total. The molecule has 36 heavy (non-hydrogen) atoms. The Balaban J connectivity index is 1.64. The molecule has 0 fully saturated rings. The van der Waals surface area contributed by atoms with Crippen LogP contribution < -0.4 is 14.8 Å². The van der Waals surface area contributed by atoms with Crippen LogP contribution in [0.25, 0.3) is 0 Å². The molecule has 0 spiro atoms. The number of amides is 2. The van der Waals surface area contributed by atoms with E-state index in [0.29, 0.717) is 35.7 Å². The molecule has 4 rings (SSSR count). The number of carbonyl (C=O) groups excluding carboxylic acids is 2. The number of methoxy groups -OCH3 is 2. The van der Waals surface area contributed by atoms with Gasteiger partial charge in [0, 0.05) is 18.7 Å². The van der Waals surface area contributed by atoms with E-state index in [1.807, 2.05) is 23.1 Å². The number of unbranched alkanes of at least 4 members (excludes halogenated alkanes) is 1. The lowest BCUT2D eigenvalue weighted by Gasteiger charge is -2.45. The Bertz CT molecular complexity index is 1090. The second kappa shape index (κ2) is 11.8. The zero-order chi connectivity index (χ0) is 25.7. The van der Waals surface area contributed by atoms with E-state index in [1.165, 1.54) is 18.4 Å². The maximum atomic E-state index is 13.8. The number of ether oxygens (including phenoxy) is 2. The topological polar surface area (TPSA) is 71.1 Å². The summed E-state index contributed by atoms with van der Waals surface area (Å²) in [6, 6.07) is 11.4. The zero-order valence-electron chi connectivity index (χ0n) is 22.0. The molecule has 0 aliphatic carbocycles. The van der Waals surface area contributed by atoms with E-state index in [1.54, 1.807) is 20.3 Å². The van der Waals surface area contributed by atoms with Crippen molar-refractivity contribution in [3.8, 4) is 11.5 Å². The number of rotatable bonds is 11. The monoisotopic (exact) mass is 493 g/mol. The first-order valence-corrected chi connectivity index (χ1v) is 13.2. The molecule has 2 aromatic rings.